The molecule has 0 amide bonds. The summed E-state index contributed by atoms with van der Waals surface area (Å²) in [5, 5.41) is 19.8. The summed E-state index contributed by atoms with van der Waals surface area (Å²) in [6.07, 6.45) is -0.697. The third-order valence-corrected chi connectivity index (χ3v) is 2.90. The van der Waals surface area contributed by atoms with E-state index in [9.17, 15) is 10.2 Å². The summed E-state index contributed by atoms with van der Waals surface area (Å²) in [6, 6.07) is 13.0. The predicted octanol–water partition coefficient (Wildman–Crippen LogP) is 2.45. The summed E-state index contributed by atoms with van der Waals surface area (Å²) >= 11 is 0. The van der Waals surface area contributed by atoms with E-state index in [2.05, 4.69) is 0 Å². The van der Waals surface area contributed by atoms with Crippen molar-refractivity contribution in [2.75, 3.05) is 0 Å². The molecule has 0 saturated carbocycles. The first kappa shape index (κ1) is 8.50. The second kappa shape index (κ2) is 2.84. The molecule has 74 valence electrons. The molecule has 0 saturated heterocycles. The van der Waals surface area contributed by atoms with Gasteiger partial charge in [-0.25, -0.2) is 0 Å². The molecule has 1 aliphatic carbocycles. The van der Waals surface area contributed by atoms with Crippen molar-refractivity contribution in [2.24, 2.45) is 0 Å². The molecule has 1 aliphatic rings. The molecule has 2 nitrogen and oxygen atoms in total. The maximum Gasteiger partial charge on any atom is 0.122 e. The van der Waals surface area contributed by atoms with Crippen LogP contribution in [0.15, 0.2) is 42.5 Å². The van der Waals surface area contributed by atoms with Gasteiger partial charge in [0.05, 0.1) is 0 Å². The summed E-state index contributed by atoms with van der Waals surface area (Å²) in [5.74, 6) is 0.163. The highest BCUT2D eigenvalue weighted by Crippen LogP contribution is 2.46. The average molecular weight is 198 g/mol. The van der Waals surface area contributed by atoms with Crippen molar-refractivity contribution in [3.8, 4) is 16.9 Å². The van der Waals surface area contributed by atoms with Crippen LogP contribution in [0.3, 0.4) is 0 Å². The second-order valence-corrected chi connectivity index (χ2v) is 3.73. The van der Waals surface area contributed by atoms with Gasteiger partial charge in [0, 0.05) is 5.56 Å². The maximum atomic E-state index is 10.1. The number of rotatable bonds is 0. The monoisotopic (exact) mass is 198 g/mol. The lowest BCUT2D eigenvalue weighted by atomic mass is 10.1. The molecular formula is C13H10O2. The molecule has 0 aromatic heterocycles. The van der Waals surface area contributed by atoms with E-state index in [1.807, 2.05) is 30.3 Å². The molecule has 0 heterocycles. The van der Waals surface area contributed by atoms with Crippen LogP contribution in [-0.4, -0.2) is 10.2 Å². The van der Waals surface area contributed by atoms with E-state index in [0.717, 1.165) is 16.7 Å². The van der Waals surface area contributed by atoms with Crippen LogP contribution in [0.2, 0.25) is 0 Å². The number of phenols is 1. The van der Waals surface area contributed by atoms with Crippen molar-refractivity contribution in [3.63, 3.8) is 0 Å². The van der Waals surface area contributed by atoms with Gasteiger partial charge in [-0.15, -0.1) is 0 Å². The number of aliphatic hydroxyl groups is 1. The van der Waals surface area contributed by atoms with E-state index < -0.39 is 6.10 Å². The summed E-state index contributed by atoms with van der Waals surface area (Å²) in [4.78, 5) is 0. The zero-order valence-corrected chi connectivity index (χ0v) is 8.01. The Morgan fingerprint density at radius 3 is 2.47 bits per heavy atom. The van der Waals surface area contributed by atoms with Crippen LogP contribution < -0.4 is 0 Å². The lowest BCUT2D eigenvalue weighted by Gasteiger charge is -2.06. The SMILES string of the molecule is Oc1cccc2c1C(O)c1ccccc1-2. The molecule has 2 aromatic carbocycles. The zero-order chi connectivity index (χ0) is 10.4. The van der Waals surface area contributed by atoms with Gasteiger partial charge in [-0.2, -0.15) is 0 Å². The smallest absolute Gasteiger partial charge is 0.122 e. The van der Waals surface area contributed by atoms with Crippen LogP contribution >= 0.6 is 0 Å². The Bertz CT molecular complexity index is 532. The van der Waals surface area contributed by atoms with Crippen LogP contribution in [0.1, 0.15) is 17.2 Å². The number of hydrogen-bond acceptors (Lipinski definition) is 2. The molecule has 3 rings (SSSR count). The molecule has 2 aromatic rings. The maximum absolute atomic E-state index is 10.1. The van der Waals surface area contributed by atoms with Crippen LogP contribution in [0.4, 0.5) is 0 Å². The molecule has 2 heteroatoms. The molecule has 0 fully saturated rings. The summed E-state index contributed by atoms with van der Waals surface area (Å²) in [7, 11) is 0. The summed E-state index contributed by atoms with van der Waals surface area (Å²) < 4.78 is 0. The van der Waals surface area contributed by atoms with E-state index in [-0.39, 0.29) is 5.75 Å². The summed E-state index contributed by atoms with van der Waals surface area (Å²) in [6.45, 7) is 0. The Balaban J connectivity index is 2.37. The van der Waals surface area contributed by atoms with Gasteiger partial charge in [0.25, 0.3) is 0 Å². The van der Waals surface area contributed by atoms with Crippen molar-refractivity contribution >= 4 is 0 Å². The number of aliphatic hydroxyl groups excluding tert-OH is 1. The first-order valence-corrected chi connectivity index (χ1v) is 4.88. The van der Waals surface area contributed by atoms with Crippen LogP contribution in [0.25, 0.3) is 11.1 Å². The van der Waals surface area contributed by atoms with E-state index in [1.165, 1.54) is 0 Å². The molecule has 1 atom stereocenters. The quantitative estimate of drug-likeness (QED) is 0.682. The molecule has 2 N–H and O–H groups in total. The third kappa shape index (κ3) is 1.02. The number of fused-ring (bicyclic) bond motifs is 3. The Labute approximate surface area is 87.4 Å². The lowest BCUT2D eigenvalue weighted by Crippen LogP contribution is -1.93. The first-order valence-electron chi connectivity index (χ1n) is 4.88. The van der Waals surface area contributed by atoms with Gasteiger partial charge < -0.3 is 10.2 Å². The standard InChI is InChI=1S/C13H10O2/c14-11-7-3-6-9-8-4-1-2-5-10(8)13(15)12(9)11/h1-7,13-15H. The molecule has 0 spiro atoms. The minimum Gasteiger partial charge on any atom is -0.508 e. The third-order valence-electron chi connectivity index (χ3n) is 2.90. The molecule has 1 unspecified atom stereocenters. The fourth-order valence-electron chi connectivity index (χ4n) is 2.21. The molecule has 15 heavy (non-hydrogen) atoms. The predicted molar refractivity (Wildman–Crippen MR) is 57.6 cm³/mol. The fourth-order valence-corrected chi connectivity index (χ4v) is 2.21. The van der Waals surface area contributed by atoms with Gasteiger partial charge in [0.2, 0.25) is 0 Å². The van der Waals surface area contributed by atoms with Gasteiger partial charge in [-0.3, -0.25) is 0 Å². The number of aromatic hydroxyl groups is 1. The van der Waals surface area contributed by atoms with E-state index in [1.54, 1.807) is 12.1 Å². The highest BCUT2D eigenvalue weighted by atomic mass is 16.3. The topological polar surface area (TPSA) is 40.5 Å². The van der Waals surface area contributed by atoms with Gasteiger partial charge in [-0.05, 0) is 22.8 Å². The van der Waals surface area contributed by atoms with E-state index in [4.69, 9.17) is 0 Å². The highest BCUT2D eigenvalue weighted by molar-refractivity contribution is 5.80. The zero-order valence-electron chi connectivity index (χ0n) is 8.01. The Kier molecular flexibility index (Phi) is 1.61. The molecule has 0 radical (unpaired) electrons. The number of benzene rings is 2. The highest BCUT2D eigenvalue weighted by Gasteiger charge is 2.28. The lowest BCUT2D eigenvalue weighted by molar-refractivity contribution is 0.220. The van der Waals surface area contributed by atoms with Crippen molar-refractivity contribution in [2.45, 2.75) is 6.10 Å². The van der Waals surface area contributed by atoms with Gasteiger partial charge in [-0.1, -0.05) is 36.4 Å². The van der Waals surface area contributed by atoms with Crippen molar-refractivity contribution in [1.29, 1.82) is 0 Å². The van der Waals surface area contributed by atoms with Gasteiger partial charge in [0.1, 0.15) is 11.9 Å². The molecule has 0 bridgehead atoms. The van der Waals surface area contributed by atoms with Crippen LogP contribution in [0, 0.1) is 0 Å². The number of hydrogen-bond donors (Lipinski definition) is 2. The normalized spacial score (nSPS) is 17.3. The second-order valence-electron chi connectivity index (χ2n) is 3.73. The minimum atomic E-state index is -0.697. The van der Waals surface area contributed by atoms with Crippen molar-refractivity contribution in [1.82, 2.24) is 0 Å². The van der Waals surface area contributed by atoms with E-state index in [0.29, 0.717) is 5.56 Å². The minimum absolute atomic E-state index is 0.163. The van der Waals surface area contributed by atoms with E-state index >= 15 is 0 Å². The molecule has 0 aliphatic heterocycles. The van der Waals surface area contributed by atoms with Gasteiger partial charge >= 0.3 is 0 Å². The van der Waals surface area contributed by atoms with Crippen LogP contribution in [-0.2, 0) is 0 Å². The fraction of sp³-hybridized carbons (Fsp3) is 0.0769. The van der Waals surface area contributed by atoms with Crippen molar-refractivity contribution < 1.29 is 10.2 Å². The number of phenolic OH excluding ortho intramolecular Hbond substituents is 1. The van der Waals surface area contributed by atoms with Gasteiger partial charge in [0.15, 0.2) is 0 Å². The van der Waals surface area contributed by atoms with Crippen LogP contribution in [0.5, 0.6) is 5.75 Å². The summed E-state index contributed by atoms with van der Waals surface area (Å²) in [5.41, 5.74) is 3.43. The first-order chi connectivity index (χ1) is 7.29. The average Bonchev–Trinajstić information content (AvgIpc) is 2.55. The Morgan fingerprint density at radius 1 is 0.867 bits per heavy atom. The Hall–Kier alpha value is -1.80. The van der Waals surface area contributed by atoms with Crippen molar-refractivity contribution in [3.05, 3.63) is 53.6 Å². The largest absolute Gasteiger partial charge is 0.508 e. The molecular weight excluding hydrogens is 188 g/mol. The Morgan fingerprint density at radius 2 is 1.60 bits per heavy atom.